The molecule has 0 spiro atoms. The van der Waals surface area contributed by atoms with E-state index in [1.54, 1.807) is 16.8 Å². The molecule has 2 heterocycles. The number of nitrogen functional groups attached to an aromatic ring is 1. The van der Waals surface area contributed by atoms with E-state index >= 15 is 0 Å². The quantitative estimate of drug-likeness (QED) is 0.742. The third-order valence-electron chi connectivity index (χ3n) is 4.21. The van der Waals surface area contributed by atoms with Gasteiger partial charge >= 0.3 is 0 Å². The van der Waals surface area contributed by atoms with Gasteiger partial charge < -0.3 is 11.1 Å². The van der Waals surface area contributed by atoms with Crippen molar-refractivity contribution >= 4 is 23.5 Å². The van der Waals surface area contributed by atoms with Crippen LogP contribution in [0.2, 0.25) is 5.02 Å². The van der Waals surface area contributed by atoms with Crippen LogP contribution in [0.25, 0.3) is 0 Å². The number of halogens is 2. The lowest BCUT2D eigenvalue weighted by Gasteiger charge is -2.31. The van der Waals surface area contributed by atoms with Crippen molar-refractivity contribution in [1.82, 2.24) is 14.8 Å². The van der Waals surface area contributed by atoms with Crippen LogP contribution in [0.15, 0.2) is 48.5 Å². The molecule has 0 fully saturated rings. The Morgan fingerprint density at radius 2 is 1.96 bits per heavy atom. The summed E-state index contributed by atoms with van der Waals surface area (Å²) in [4.78, 5) is 4.25. The van der Waals surface area contributed by atoms with E-state index in [1.807, 2.05) is 24.3 Å². The van der Waals surface area contributed by atoms with Gasteiger partial charge in [0.15, 0.2) is 0 Å². The Hall–Kier alpha value is -2.60. The maximum atomic E-state index is 13.2. The second kappa shape index (κ2) is 5.79. The van der Waals surface area contributed by atoms with E-state index in [0.29, 0.717) is 11.0 Å². The first-order valence-electron chi connectivity index (χ1n) is 7.59. The topological polar surface area (TPSA) is 68.8 Å². The van der Waals surface area contributed by atoms with Crippen molar-refractivity contribution in [3.8, 4) is 0 Å². The molecule has 0 unspecified atom stereocenters. The first-order valence-corrected chi connectivity index (χ1v) is 7.97. The van der Waals surface area contributed by atoms with Gasteiger partial charge in [-0.3, -0.25) is 0 Å². The molecule has 2 aromatic carbocycles. The molecule has 4 rings (SSSR count). The number of fused-ring (bicyclic) bond motifs is 1. The Balaban J connectivity index is 1.76. The maximum absolute atomic E-state index is 13.2. The molecule has 2 atom stereocenters. The molecule has 3 N–H and O–H groups in total. The lowest BCUT2D eigenvalue weighted by Crippen LogP contribution is -2.28. The van der Waals surface area contributed by atoms with Gasteiger partial charge in [-0.1, -0.05) is 35.9 Å². The zero-order chi connectivity index (χ0) is 16.7. The lowest BCUT2D eigenvalue weighted by molar-refractivity contribution is 0.431. The van der Waals surface area contributed by atoms with Crippen LogP contribution in [0.5, 0.6) is 0 Å². The highest BCUT2D eigenvalue weighted by Crippen LogP contribution is 2.38. The van der Waals surface area contributed by atoms with E-state index < -0.39 is 0 Å². The average Bonchev–Trinajstić information content (AvgIpc) is 2.94. The van der Waals surface area contributed by atoms with E-state index in [2.05, 4.69) is 15.4 Å². The second-order valence-electron chi connectivity index (χ2n) is 5.79. The van der Waals surface area contributed by atoms with Crippen LogP contribution in [0.1, 0.15) is 29.6 Å². The Morgan fingerprint density at radius 1 is 1.17 bits per heavy atom. The van der Waals surface area contributed by atoms with Gasteiger partial charge in [-0.2, -0.15) is 4.98 Å². The number of hydrogen-bond acceptors (Lipinski definition) is 4. The molecule has 0 aliphatic carbocycles. The molecule has 1 aliphatic rings. The molecule has 5 nitrogen and oxygen atoms in total. The molecule has 1 aromatic heterocycles. The summed E-state index contributed by atoms with van der Waals surface area (Å²) < 4.78 is 15.0. The SMILES string of the molecule is Nc1nc2n(n1)[C@H](c1cccc(Cl)c1)C[C@@H](c1ccc(F)cc1)N2. The highest BCUT2D eigenvalue weighted by Gasteiger charge is 2.30. The van der Waals surface area contributed by atoms with Crippen molar-refractivity contribution in [3.05, 3.63) is 70.5 Å². The number of nitrogens with zero attached hydrogens (tertiary/aromatic N) is 3. The molecular formula is C17H15ClFN5. The summed E-state index contributed by atoms with van der Waals surface area (Å²) in [6.45, 7) is 0. The molecule has 0 amide bonds. The minimum Gasteiger partial charge on any atom is -0.366 e. The Bertz CT molecular complexity index is 877. The van der Waals surface area contributed by atoms with Gasteiger partial charge in [-0.25, -0.2) is 9.07 Å². The maximum Gasteiger partial charge on any atom is 0.241 e. The van der Waals surface area contributed by atoms with Gasteiger partial charge in [0.05, 0.1) is 12.1 Å². The summed E-state index contributed by atoms with van der Waals surface area (Å²) in [5, 5.41) is 8.29. The summed E-state index contributed by atoms with van der Waals surface area (Å²) in [7, 11) is 0. The fraction of sp³-hybridized carbons (Fsp3) is 0.176. The van der Waals surface area contributed by atoms with Crippen molar-refractivity contribution in [2.75, 3.05) is 11.1 Å². The third kappa shape index (κ3) is 2.69. The van der Waals surface area contributed by atoms with Crippen LogP contribution in [0, 0.1) is 5.82 Å². The highest BCUT2D eigenvalue weighted by atomic mass is 35.5. The van der Waals surface area contributed by atoms with Gasteiger partial charge in [0.1, 0.15) is 5.82 Å². The first kappa shape index (κ1) is 15.0. The van der Waals surface area contributed by atoms with Crippen LogP contribution in [-0.2, 0) is 0 Å². The van der Waals surface area contributed by atoms with E-state index in [4.69, 9.17) is 17.3 Å². The van der Waals surface area contributed by atoms with Gasteiger partial charge in [0.2, 0.25) is 11.9 Å². The summed E-state index contributed by atoms with van der Waals surface area (Å²) in [5.41, 5.74) is 7.79. The molecule has 24 heavy (non-hydrogen) atoms. The molecule has 1 aliphatic heterocycles. The van der Waals surface area contributed by atoms with Crippen molar-refractivity contribution in [2.45, 2.75) is 18.5 Å². The molecule has 0 bridgehead atoms. The molecule has 3 aromatic rings. The number of aromatic nitrogens is 3. The fourth-order valence-electron chi connectivity index (χ4n) is 3.10. The van der Waals surface area contributed by atoms with Gasteiger partial charge in [0.25, 0.3) is 0 Å². The van der Waals surface area contributed by atoms with Crippen LogP contribution < -0.4 is 11.1 Å². The summed E-state index contributed by atoms with van der Waals surface area (Å²) in [6.07, 6.45) is 0.724. The lowest BCUT2D eigenvalue weighted by atomic mass is 9.93. The number of nitrogens with one attached hydrogen (secondary N) is 1. The molecule has 122 valence electrons. The van der Waals surface area contributed by atoms with Gasteiger partial charge in [-0.05, 0) is 41.8 Å². The number of anilines is 2. The van der Waals surface area contributed by atoms with Crippen molar-refractivity contribution in [1.29, 1.82) is 0 Å². The van der Waals surface area contributed by atoms with Crippen LogP contribution >= 0.6 is 11.6 Å². The average molecular weight is 344 g/mol. The summed E-state index contributed by atoms with van der Waals surface area (Å²) in [6, 6.07) is 14.1. The van der Waals surface area contributed by atoms with E-state index in [0.717, 1.165) is 17.5 Å². The largest absolute Gasteiger partial charge is 0.366 e. The van der Waals surface area contributed by atoms with Crippen molar-refractivity contribution in [3.63, 3.8) is 0 Å². The predicted molar refractivity (Wildman–Crippen MR) is 91.4 cm³/mol. The monoisotopic (exact) mass is 343 g/mol. The number of rotatable bonds is 2. The highest BCUT2D eigenvalue weighted by molar-refractivity contribution is 6.30. The minimum absolute atomic E-state index is 0.0225. The molecule has 0 radical (unpaired) electrons. The summed E-state index contributed by atoms with van der Waals surface area (Å²) in [5.74, 6) is 0.552. The Kier molecular flexibility index (Phi) is 3.61. The van der Waals surface area contributed by atoms with Gasteiger partial charge in [-0.15, -0.1) is 5.10 Å². The van der Waals surface area contributed by atoms with Crippen LogP contribution in [0.3, 0.4) is 0 Å². The minimum atomic E-state index is -0.256. The van der Waals surface area contributed by atoms with E-state index in [1.165, 1.54) is 12.1 Å². The zero-order valence-corrected chi connectivity index (χ0v) is 13.4. The van der Waals surface area contributed by atoms with Gasteiger partial charge in [0, 0.05) is 5.02 Å². The first-order chi connectivity index (χ1) is 11.6. The summed E-state index contributed by atoms with van der Waals surface area (Å²) >= 11 is 6.14. The van der Waals surface area contributed by atoms with Crippen LogP contribution in [-0.4, -0.2) is 14.8 Å². The van der Waals surface area contributed by atoms with Crippen molar-refractivity contribution in [2.24, 2.45) is 0 Å². The predicted octanol–water partition coefficient (Wildman–Crippen LogP) is 3.80. The zero-order valence-electron chi connectivity index (χ0n) is 12.7. The second-order valence-corrected chi connectivity index (χ2v) is 6.23. The Morgan fingerprint density at radius 3 is 2.71 bits per heavy atom. The number of benzene rings is 2. The van der Waals surface area contributed by atoms with E-state index in [-0.39, 0.29) is 23.8 Å². The number of hydrogen-bond donors (Lipinski definition) is 2. The Labute approximate surface area is 143 Å². The normalized spacial score (nSPS) is 19.6. The smallest absolute Gasteiger partial charge is 0.241 e. The molecule has 0 saturated carbocycles. The van der Waals surface area contributed by atoms with Crippen LogP contribution in [0.4, 0.5) is 16.3 Å². The number of nitrogens with two attached hydrogens (primary N) is 1. The molecular weight excluding hydrogens is 329 g/mol. The standard InChI is InChI=1S/C17H15ClFN5/c18-12-3-1-2-11(8-12)15-9-14(10-4-6-13(19)7-5-10)21-17-22-16(20)23-24(15)17/h1-8,14-15H,9H2,(H3,20,21,22,23)/t14-,15-/m0/s1. The third-order valence-corrected chi connectivity index (χ3v) is 4.45. The fourth-order valence-corrected chi connectivity index (χ4v) is 3.30. The molecule has 7 heteroatoms. The van der Waals surface area contributed by atoms with E-state index in [9.17, 15) is 4.39 Å². The molecule has 0 saturated heterocycles. The van der Waals surface area contributed by atoms with Crippen molar-refractivity contribution < 1.29 is 4.39 Å².